The molecule has 0 aliphatic rings. The first-order valence-electron chi connectivity index (χ1n) is 8.49. The van der Waals surface area contributed by atoms with Gasteiger partial charge in [-0.2, -0.15) is 0 Å². The Morgan fingerprint density at radius 1 is 0.893 bits per heavy atom. The van der Waals surface area contributed by atoms with Crippen LogP contribution >= 0.6 is 11.8 Å². The molecule has 3 aromatic carbocycles. The van der Waals surface area contributed by atoms with E-state index >= 15 is 0 Å². The predicted octanol–water partition coefficient (Wildman–Crippen LogP) is 5.64. The van der Waals surface area contributed by atoms with Crippen molar-refractivity contribution in [1.29, 1.82) is 0 Å². The monoisotopic (exact) mass is 391 g/mol. The fraction of sp³-hybridized carbons (Fsp3) is 0.0476. The van der Waals surface area contributed by atoms with E-state index in [4.69, 9.17) is 0 Å². The van der Waals surface area contributed by atoms with E-state index in [1.165, 1.54) is 36.0 Å². The van der Waals surface area contributed by atoms with Gasteiger partial charge in [-0.05, 0) is 29.8 Å². The highest BCUT2D eigenvalue weighted by atomic mass is 32.2. The third-order valence-electron chi connectivity index (χ3n) is 4.29. The lowest BCUT2D eigenvalue weighted by Crippen LogP contribution is -1.94. The molecule has 138 valence electrons. The molecule has 0 saturated heterocycles. The van der Waals surface area contributed by atoms with E-state index < -0.39 is 4.92 Å². The zero-order chi connectivity index (χ0) is 19.5. The van der Waals surface area contributed by atoms with Gasteiger partial charge >= 0.3 is 0 Å². The molecule has 4 rings (SSSR count). The summed E-state index contributed by atoms with van der Waals surface area (Å²) in [6.45, 7) is 0. The van der Waals surface area contributed by atoms with Crippen molar-refractivity contribution in [3.8, 4) is 11.3 Å². The number of nitro benzene ring substituents is 1. The molecule has 0 unspecified atom stereocenters. The van der Waals surface area contributed by atoms with Gasteiger partial charge in [0.1, 0.15) is 16.5 Å². The number of aromatic nitrogens is 2. The summed E-state index contributed by atoms with van der Waals surface area (Å²) in [7, 11) is 0. The topological polar surface area (TPSA) is 68.9 Å². The van der Waals surface area contributed by atoms with E-state index in [1.54, 1.807) is 24.3 Å². The van der Waals surface area contributed by atoms with Crippen molar-refractivity contribution in [3.63, 3.8) is 0 Å². The Hall–Kier alpha value is -3.32. The van der Waals surface area contributed by atoms with Crippen LogP contribution < -0.4 is 0 Å². The molecule has 0 saturated carbocycles. The van der Waals surface area contributed by atoms with E-state index in [0.717, 1.165) is 26.9 Å². The number of halogens is 1. The number of thioether (sulfide) groups is 1. The van der Waals surface area contributed by atoms with E-state index in [1.807, 2.05) is 24.3 Å². The predicted molar refractivity (Wildman–Crippen MR) is 108 cm³/mol. The second-order valence-electron chi connectivity index (χ2n) is 6.12. The van der Waals surface area contributed by atoms with Gasteiger partial charge in [0.15, 0.2) is 0 Å². The molecule has 0 spiro atoms. The van der Waals surface area contributed by atoms with Gasteiger partial charge in [-0.3, -0.25) is 10.1 Å². The zero-order valence-electron chi connectivity index (χ0n) is 14.6. The summed E-state index contributed by atoms with van der Waals surface area (Å²) < 4.78 is 13.2. The maximum absolute atomic E-state index is 13.2. The number of hydrogen-bond donors (Lipinski definition) is 0. The van der Waals surface area contributed by atoms with Crippen molar-refractivity contribution in [2.24, 2.45) is 0 Å². The second kappa shape index (κ2) is 7.74. The zero-order valence-corrected chi connectivity index (χ0v) is 15.4. The molecule has 0 N–H and O–H groups in total. The SMILES string of the molecule is O=[N+]([O-])c1ccc(CSc2nnc(-c3ccc(F)cc3)c3ccccc23)cc1. The number of fused-ring (bicyclic) bond motifs is 1. The van der Waals surface area contributed by atoms with Crippen LogP contribution in [0.1, 0.15) is 5.56 Å². The maximum Gasteiger partial charge on any atom is 0.269 e. The van der Waals surface area contributed by atoms with Gasteiger partial charge in [-0.15, -0.1) is 10.2 Å². The summed E-state index contributed by atoms with van der Waals surface area (Å²) in [5, 5.41) is 22.2. The summed E-state index contributed by atoms with van der Waals surface area (Å²) in [5.74, 6) is 0.323. The molecule has 1 heterocycles. The Kier molecular flexibility index (Phi) is 4.99. The summed E-state index contributed by atoms with van der Waals surface area (Å²) in [6, 6.07) is 20.5. The molecule has 1 aromatic heterocycles. The molecule has 4 aromatic rings. The van der Waals surface area contributed by atoms with Crippen molar-refractivity contribution in [2.75, 3.05) is 0 Å². The van der Waals surface area contributed by atoms with Crippen molar-refractivity contribution in [3.05, 3.63) is 94.3 Å². The van der Waals surface area contributed by atoms with Crippen LogP contribution in [0.2, 0.25) is 0 Å². The first kappa shape index (κ1) is 18.1. The third kappa shape index (κ3) is 3.70. The van der Waals surface area contributed by atoms with Gasteiger partial charge in [0.2, 0.25) is 0 Å². The molecular weight excluding hydrogens is 377 g/mol. The Morgan fingerprint density at radius 2 is 1.57 bits per heavy atom. The molecule has 28 heavy (non-hydrogen) atoms. The van der Waals surface area contributed by atoms with Crippen LogP contribution in [0.4, 0.5) is 10.1 Å². The van der Waals surface area contributed by atoms with Gasteiger partial charge in [-0.1, -0.05) is 48.2 Å². The quantitative estimate of drug-likeness (QED) is 0.250. The normalized spacial score (nSPS) is 10.9. The fourth-order valence-corrected chi connectivity index (χ4v) is 3.80. The average molecular weight is 391 g/mol. The summed E-state index contributed by atoms with van der Waals surface area (Å²) in [5.41, 5.74) is 2.54. The van der Waals surface area contributed by atoms with Crippen LogP contribution in [0, 0.1) is 15.9 Å². The highest BCUT2D eigenvalue weighted by molar-refractivity contribution is 7.98. The van der Waals surface area contributed by atoms with Crippen molar-refractivity contribution >= 4 is 28.2 Å². The molecule has 0 fully saturated rings. The van der Waals surface area contributed by atoms with Crippen LogP contribution in [-0.4, -0.2) is 15.1 Å². The Balaban J connectivity index is 1.64. The molecule has 0 amide bonds. The van der Waals surface area contributed by atoms with E-state index in [2.05, 4.69) is 10.2 Å². The summed E-state index contributed by atoms with van der Waals surface area (Å²) in [4.78, 5) is 10.4. The Bertz CT molecular complexity index is 1150. The van der Waals surface area contributed by atoms with Crippen molar-refractivity contribution in [2.45, 2.75) is 10.8 Å². The molecule has 7 heteroatoms. The first-order chi connectivity index (χ1) is 13.6. The first-order valence-corrected chi connectivity index (χ1v) is 9.48. The number of hydrogen-bond acceptors (Lipinski definition) is 5. The van der Waals surface area contributed by atoms with Crippen molar-refractivity contribution < 1.29 is 9.31 Å². The molecule has 0 aliphatic carbocycles. The maximum atomic E-state index is 13.2. The van der Waals surface area contributed by atoms with Gasteiger partial charge in [-0.25, -0.2) is 4.39 Å². The molecule has 0 aliphatic heterocycles. The van der Waals surface area contributed by atoms with E-state index in [0.29, 0.717) is 11.4 Å². The molecular formula is C21H14FN3O2S. The highest BCUT2D eigenvalue weighted by Crippen LogP contribution is 2.33. The number of nitrogens with zero attached hydrogens (tertiary/aromatic N) is 3. The minimum atomic E-state index is -0.413. The Labute approximate surface area is 164 Å². The summed E-state index contributed by atoms with van der Waals surface area (Å²) >= 11 is 1.52. The van der Waals surface area contributed by atoms with Gasteiger partial charge in [0.05, 0.1) is 4.92 Å². The van der Waals surface area contributed by atoms with E-state index in [9.17, 15) is 14.5 Å². The largest absolute Gasteiger partial charge is 0.269 e. The van der Waals surface area contributed by atoms with Gasteiger partial charge in [0, 0.05) is 34.2 Å². The van der Waals surface area contributed by atoms with Crippen molar-refractivity contribution in [1.82, 2.24) is 10.2 Å². The number of nitro groups is 1. The van der Waals surface area contributed by atoms with E-state index in [-0.39, 0.29) is 11.5 Å². The van der Waals surface area contributed by atoms with Gasteiger partial charge in [0.25, 0.3) is 5.69 Å². The lowest BCUT2D eigenvalue weighted by molar-refractivity contribution is -0.384. The van der Waals surface area contributed by atoms with Crippen LogP contribution in [0.3, 0.4) is 0 Å². The number of benzene rings is 3. The fourth-order valence-electron chi connectivity index (χ4n) is 2.87. The van der Waals surface area contributed by atoms with Crippen LogP contribution in [-0.2, 0) is 5.75 Å². The minimum absolute atomic E-state index is 0.0719. The smallest absolute Gasteiger partial charge is 0.258 e. The average Bonchev–Trinajstić information content (AvgIpc) is 2.73. The van der Waals surface area contributed by atoms with Crippen LogP contribution in [0.5, 0.6) is 0 Å². The second-order valence-corrected chi connectivity index (χ2v) is 7.08. The third-order valence-corrected chi connectivity index (χ3v) is 5.35. The lowest BCUT2D eigenvalue weighted by atomic mass is 10.1. The lowest BCUT2D eigenvalue weighted by Gasteiger charge is -2.09. The number of non-ortho nitro benzene ring substituents is 1. The molecule has 0 atom stereocenters. The molecule has 5 nitrogen and oxygen atoms in total. The molecule has 0 bridgehead atoms. The van der Waals surface area contributed by atoms with Gasteiger partial charge < -0.3 is 0 Å². The molecule has 0 radical (unpaired) electrons. The van der Waals surface area contributed by atoms with Crippen LogP contribution in [0.15, 0.2) is 77.8 Å². The van der Waals surface area contributed by atoms with Crippen LogP contribution in [0.25, 0.3) is 22.0 Å². The summed E-state index contributed by atoms with van der Waals surface area (Å²) in [6.07, 6.45) is 0. The number of rotatable bonds is 5. The highest BCUT2D eigenvalue weighted by Gasteiger charge is 2.12. The Morgan fingerprint density at radius 3 is 2.25 bits per heavy atom. The minimum Gasteiger partial charge on any atom is -0.258 e. The standard InChI is InChI=1S/C21H14FN3O2S/c22-16-9-7-15(8-10-16)20-18-3-1-2-4-19(18)21(24-23-20)28-13-14-5-11-17(12-6-14)25(26)27/h1-12H,13H2.